The molecule has 0 spiro atoms. The van der Waals surface area contributed by atoms with Gasteiger partial charge in [0, 0.05) is 41.8 Å². The fraction of sp³-hybridized carbons (Fsp3) is 0.368. The van der Waals surface area contributed by atoms with Gasteiger partial charge >= 0.3 is 0 Å². The number of rotatable bonds is 7. The highest BCUT2D eigenvalue weighted by molar-refractivity contribution is 6.30. The Kier molecular flexibility index (Phi) is 5.56. The van der Waals surface area contributed by atoms with E-state index >= 15 is 0 Å². The van der Waals surface area contributed by atoms with E-state index in [-0.39, 0.29) is 0 Å². The van der Waals surface area contributed by atoms with Crippen LogP contribution in [0, 0.1) is 19.8 Å². The number of aryl methyl sites for hydroxylation is 1. The van der Waals surface area contributed by atoms with Gasteiger partial charge in [-0.15, -0.1) is 0 Å². The summed E-state index contributed by atoms with van der Waals surface area (Å²) in [4.78, 5) is 4.09. The molecular weight excluding hydrogens is 334 g/mol. The summed E-state index contributed by atoms with van der Waals surface area (Å²) in [6, 6.07) is 7.77. The van der Waals surface area contributed by atoms with Gasteiger partial charge < -0.3 is 9.88 Å². The summed E-state index contributed by atoms with van der Waals surface area (Å²) in [7, 11) is 0. The highest BCUT2D eigenvalue weighted by Crippen LogP contribution is 2.19. The first-order valence-corrected chi connectivity index (χ1v) is 8.90. The summed E-state index contributed by atoms with van der Waals surface area (Å²) in [5, 5.41) is 8.99. The van der Waals surface area contributed by atoms with Gasteiger partial charge in [0.1, 0.15) is 0 Å². The molecule has 0 saturated carbocycles. The summed E-state index contributed by atoms with van der Waals surface area (Å²) in [6.07, 6.45) is 5.68. The van der Waals surface area contributed by atoms with E-state index in [9.17, 15) is 0 Å². The molecule has 6 heteroatoms. The molecule has 2 heterocycles. The Bertz CT molecular complexity index is 805. The summed E-state index contributed by atoms with van der Waals surface area (Å²) < 4.78 is 4.10. The van der Waals surface area contributed by atoms with Gasteiger partial charge in [-0.25, -0.2) is 9.67 Å². The molecule has 132 valence electrons. The van der Waals surface area contributed by atoms with Gasteiger partial charge in [0.2, 0.25) is 0 Å². The van der Waals surface area contributed by atoms with Crippen LogP contribution in [-0.2, 0) is 13.1 Å². The molecule has 0 radical (unpaired) electrons. The van der Waals surface area contributed by atoms with Crippen LogP contribution in [0.1, 0.15) is 23.9 Å². The normalized spacial score (nSPS) is 12.5. The molecule has 3 aromatic rings. The van der Waals surface area contributed by atoms with E-state index in [1.807, 2.05) is 47.7 Å². The third-order valence-electron chi connectivity index (χ3n) is 4.39. The molecule has 0 aliphatic rings. The monoisotopic (exact) mass is 357 g/mol. The molecule has 1 N–H and O–H groups in total. The van der Waals surface area contributed by atoms with Crippen LogP contribution in [0.15, 0.2) is 43.0 Å². The summed E-state index contributed by atoms with van der Waals surface area (Å²) in [5.74, 6) is 0.529. The van der Waals surface area contributed by atoms with Gasteiger partial charge in [0.15, 0.2) is 0 Å². The number of nitrogens with zero attached hydrogens (tertiary/aromatic N) is 4. The molecule has 1 atom stereocenters. The molecule has 2 aromatic heterocycles. The predicted octanol–water partition coefficient (Wildman–Crippen LogP) is 3.76. The molecule has 5 nitrogen and oxygen atoms in total. The van der Waals surface area contributed by atoms with Crippen LogP contribution in [-0.4, -0.2) is 25.9 Å². The fourth-order valence-corrected chi connectivity index (χ4v) is 3.15. The van der Waals surface area contributed by atoms with Crippen molar-refractivity contribution in [2.75, 3.05) is 6.54 Å². The molecule has 25 heavy (non-hydrogen) atoms. The Hall–Kier alpha value is -2.11. The number of aromatic nitrogens is 4. The van der Waals surface area contributed by atoms with Crippen molar-refractivity contribution in [2.45, 2.75) is 33.9 Å². The van der Waals surface area contributed by atoms with Crippen molar-refractivity contribution in [2.24, 2.45) is 5.92 Å². The Morgan fingerprint density at radius 2 is 1.96 bits per heavy atom. The van der Waals surface area contributed by atoms with E-state index in [0.29, 0.717) is 5.92 Å². The van der Waals surface area contributed by atoms with Crippen LogP contribution in [0.3, 0.4) is 0 Å². The van der Waals surface area contributed by atoms with E-state index in [1.54, 1.807) is 0 Å². The molecular formula is C19H24ClN5. The lowest BCUT2D eigenvalue weighted by molar-refractivity contribution is 0.444. The van der Waals surface area contributed by atoms with Crippen LogP contribution >= 0.6 is 11.6 Å². The van der Waals surface area contributed by atoms with Crippen molar-refractivity contribution in [3.05, 3.63) is 65.0 Å². The molecule has 0 aliphatic heterocycles. The number of hydrogen-bond donors (Lipinski definition) is 1. The third-order valence-corrected chi connectivity index (χ3v) is 4.64. The van der Waals surface area contributed by atoms with Gasteiger partial charge in [-0.3, -0.25) is 0 Å². The lowest BCUT2D eigenvalue weighted by atomic mass is 10.1. The van der Waals surface area contributed by atoms with E-state index in [1.165, 1.54) is 5.56 Å². The minimum atomic E-state index is 0.529. The molecule has 1 unspecified atom stereocenters. The number of halogens is 1. The summed E-state index contributed by atoms with van der Waals surface area (Å²) >= 11 is 5.98. The number of hydrogen-bond acceptors (Lipinski definition) is 3. The Labute approximate surface area is 153 Å². The van der Waals surface area contributed by atoms with E-state index in [4.69, 9.17) is 11.6 Å². The fourth-order valence-electron chi connectivity index (χ4n) is 3.03. The lowest BCUT2D eigenvalue weighted by Crippen LogP contribution is -2.24. The minimum absolute atomic E-state index is 0.529. The molecule has 0 aliphatic carbocycles. The van der Waals surface area contributed by atoms with Crippen molar-refractivity contribution in [3.63, 3.8) is 0 Å². The van der Waals surface area contributed by atoms with Crippen LogP contribution in [0.25, 0.3) is 5.69 Å². The number of imidazole rings is 1. The quantitative estimate of drug-likeness (QED) is 0.700. The first kappa shape index (κ1) is 17.7. The second-order valence-electron chi connectivity index (χ2n) is 6.53. The zero-order valence-electron chi connectivity index (χ0n) is 14.9. The first-order valence-electron chi connectivity index (χ1n) is 8.52. The van der Waals surface area contributed by atoms with Crippen LogP contribution < -0.4 is 5.32 Å². The van der Waals surface area contributed by atoms with Crippen molar-refractivity contribution in [1.82, 2.24) is 24.6 Å². The average molecular weight is 358 g/mol. The smallest absolute Gasteiger partial charge is 0.0946 e. The standard InChI is InChI=1S/C19H24ClN5/c1-14(12-24-9-8-21-13-24)10-22-11-19-15(2)23-25(16(19)3)18-6-4-17(20)5-7-18/h4-9,13-14,22H,10-12H2,1-3H3. The molecule has 3 rings (SSSR count). The van der Waals surface area contributed by atoms with Crippen LogP contribution in [0.2, 0.25) is 5.02 Å². The van der Waals surface area contributed by atoms with E-state index in [2.05, 4.69) is 40.7 Å². The van der Waals surface area contributed by atoms with E-state index < -0.39 is 0 Å². The minimum Gasteiger partial charge on any atom is -0.337 e. The van der Waals surface area contributed by atoms with Crippen molar-refractivity contribution in [3.8, 4) is 5.69 Å². The summed E-state index contributed by atoms with van der Waals surface area (Å²) in [6.45, 7) is 9.15. The summed E-state index contributed by atoms with van der Waals surface area (Å²) in [5.41, 5.74) is 4.51. The van der Waals surface area contributed by atoms with Crippen LogP contribution in [0.5, 0.6) is 0 Å². The second-order valence-corrected chi connectivity index (χ2v) is 6.97. The highest BCUT2D eigenvalue weighted by atomic mass is 35.5. The maximum Gasteiger partial charge on any atom is 0.0946 e. The topological polar surface area (TPSA) is 47.7 Å². The molecule has 0 saturated heterocycles. The predicted molar refractivity (Wildman–Crippen MR) is 101 cm³/mol. The van der Waals surface area contributed by atoms with Crippen LogP contribution in [0.4, 0.5) is 0 Å². The third kappa shape index (κ3) is 4.30. The van der Waals surface area contributed by atoms with Gasteiger partial charge in [-0.2, -0.15) is 5.10 Å². The largest absolute Gasteiger partial charge is 0.337 e. The first-order chi connectivity index (χ1) is 12.0. The Morgan fingerprint density at radius 1 is 1.20 bits per heavy atom. The Balaban J connectivity index is 1.62. The number of nitrogens with one attached hydrogen (secondary N) is 1. The SMILES string of the molecule is Cc1nn(-c2ccc(Cl)cc2)c(C)c1CNCC(C)Cn1ccnc1. The zero-order chi connectivity index (χ0) is 17.8. The van der Waals surface area contributed by atoms with Gasteiger partial charge in [-0.05, 0) is 50.6 Å². The average Bonchev–Trinajstić information content (AvgIpc) is 3.18. The highest BCUT2D eigenvalue weighted by Gasteiger charge is 2.13. The van der Waals surface area contributed by atoms with Crippen molar-refractivity contribution >= 4 is 11.6 Å². The van der Waals surface area contributed by atoms with Gasteiger partial charge in [0.25, 0.3) is 0 Å². The van der Waals surface area contributed by atoms with Crippen molar-refractivity contribution < 1.29 is 0 Å². The second kappa shape index (κ2) is 7.85. The number of benzene rings is 1. The lowest BCUT2D eigenvalue weighted by Gasteiger charge is -2.13. The van der Waals surface area contributed by atoms with Crippen molar-refractivity contribution in [1.29, 1.82) is 0 Å². The maximum atomic E-state index is 5.98. The van der Waals surface area contributed by atoms with E-state index in [0.717, 1.165) is 41.7 Å². The van der Waals surface area contributed by atoms with Gasteiger partial charge in [-0.1, -0.05) is 18.5 Å². The maximum absolute atomic E-state index is 5.98. The molecule has 0 bridgehead atoms. The molecule has 0 amide bonds. The molecule has 0 fully saturated rings. The zero-order valence-corrected chi connectivity index (χ0v) is 15.7. The van der Waals surface area contributed by atoms with Gasteiger partial charge in [0.05, 0.1) is 17.7 Å². The molecule has 1 aromatic carbocycles. The Morgan fingerprint density at radius 3 is 2.64 bits per heavy atom.